The molecular weight excluding hydrogens is 308 g/mol. The number of para-hydroxylation sites is 2. The molecule has 3 nitrogen and oxygen atoms in total. The third kappa shape index (κ3) is 3.29. The van der Waals surface area contributed by atoms with E-state index in [9.17, 15) is 0 Å². The minimum atomic E-state index is 0.782. The molecule has 2 heterocycles. The molecule has 1 aliphatic heterocycles. The van der Waals surface area contributed by atoms with Gasteiger partial charge in [0.15, 0.2) is 0 Å². The first kappa shape index (κ1) is 16.2. The zero-order chi connectivity index (χ0) is 17.1. The molecule has 0 saturated heterocycles. The first-order valence-corrected chi connectivity index (χ1v) is 9.36. The van der Waals surface area contributed by atoms with E-state index in [2.05, 4.69) is 40.7 Å². The van der Waals surface area contributed by atoms with Gasteiger partial charge in [-0.05, 0) is 37.1 Å². The number of aryl methyl sites for hydroxylation is 1. The molecule has 0 spiro atoms. The largest absolute Gasteiger partial charge is 0.494 e. The van der Waals surface area contributed by atoms with Gasteiger partial charge in [0.25, 0.3) is 0 Å². The van der Waals surface area contributed by atoms with E-state index in [4.69, 9.17) is 4.74 Å². The van der Waals surface area contributed by atoms with Crippen LogP contribution in [0.5, 0.6) is 5.75 Å². The highest BCUT2D eigenvalue weighted by molar-refractivity contribution is 5.85. The molecule has 0 amide bonds. The fourth-order valence-electron chi connectivity index (χ4n) is 4.00. The first-order chi connectivity index (χ1) is 12.4. The summed E-state index contributed by atoms with van der Waals surface area (Å²) in [6, 6.07) is 19.0. The van der Waals surface area contributed by atoms with Gasteiger partial charge in [0.05, 0.1) is 6.61 Å². The zero-order valence-electron chi connectivity index (χ0n) is 14.9. The van der Waals surface area contributed by atoms with E-state index in [-0.39, 0.29) is 0 Å². The minimum Gasteiger partial charge on any atom is -0.494 e. The smallest absolute Gasteiger partial charge is 0.119 e. The molecule has 130 valence electrons. The van der Waals surface area contributed by atoms with Gasteiger partial charge < -0.3 is 9.30 Å². The van der Waals surface area contributed by atoms with Crippen molar-refractivity contribution in [3.05, 3.63) is 65.9 Å². The predicted molar refractivity (Wildman–Crippen MR) is 103 cm³/mol. The van der Waals surface area contributed by atoms with E-state index < -0.39 is 0 Å². The predicted octanol–water partition coefficient (Wildman–Crippen LogP) is 4.49. The number of rotatable bonds is 6. The lowest BCUT2D eigenvalue weighted by Crippen LogP contribution is -2.32. The lowest BCUT2D eigenvalue weighted by molar-refractivity contribution is 0.220. The van der Waals surface area contributed by atoms with Crippen LogP contribution in [0.2, 0.25) is 0 Å². The van der Waals surface area contributed by atoms with Gasteiger partial charge in [-0.25, -0.2) is 0 Å². The third-order valence-electron chi connectivity index (χ3n) is 5.19. The summed E-state index contributed by atoms with van der Waals surface area (Å²) in [5.74, 6) is 0.967. The Balaban J connectivity index is 1.39. The summed E-state index contributed by atoms with van der Waals surface area (Å²) in [4.78, 5) is 2.57. The molecule has 0 radical (unpaired) electrons. The van der Waals surface area contributed by atoms with Crippen molar-refractivity contribution in [1.29, 1.82) is 0 Å². The number of benzene rings is 2. The maximum absolute atomic E-state index is 5.83. The van der Waals surface area contributed by atoms with Gasteiger partial charge in [-0.1, -0.05) is 36.4 Å². The van der Waals surface area contributed by atoms with Gasteiger partial charge in [-0.3, -0.25) is 4.90 Å². The maximum Gasteiger partial charge on any atom is 0.119 e. The molecule has 0 saturated carbocycles. The van der Waals surface area contributed by atoms with Crippen LogP contribution in [0.25, 0.3) is 10.9 Å². The topological polar surface area (TPSA) is 17.4 Å². The normalized spacial score (nSPS) is 14.6. The van der Waals surface area contributed by atoms with Crippen LogP contribution in [0.3, 0.4) is 0 Å². The number of hydrogen-bond acceptors (Lipinski definition) is 2. The summed E-state index contributed by atoms with van der Waals surface area (Å²) in [6.45, 7) is 7.39. The van der Waals surface area contributed by atoms with E-state index in [1.165, 1.54) is 16.5 Å². The van der Waals surface area contributed by atoms with E-state index in [1.54, 1.807) is 5.69 Å². The SMILES string of the molecule is CCn1c2c(c3ccccc31)CN(CCCOc1ccccc1)CC2. The summed E-state index contributed by atoms with van der Waals surface area (Å²) >= 11 is 0. The summed E-state index contributed by atoms with van der Waals surface area (Å²) in [7, 11) is 0. The van der Waals surface area contributed by atoms with Gasteiger partial charge in [0.1, 0.15) is 5.75 Å². The lowest BCUT2D eigenvalue weighted by atomic mass is 10.0. The van der Waals surface area contributed by atoms with Crippen molar-refractivity contribution in [1.82, 2.24) is 9.47 Å². The van der Waals surface area contributed by atoms with E-state index in [1.807, 2.05) is 30.3 Å². The quantitative estimate of drug-likeness (QED) is 0.618. The first-order valence-electron chi connectivity index (χ1n) is 9.36. The highest BCUT2D eigenvalue weighted by Gasteiger charge is 2.22. The van der Waals surface area contributed by atoms with Crippen LogP contribution in [0.15, 0.2) is 54.6 Å². The highest BCUT2D eigenvalue weighted by Crippen LogP contribution is 2.30. The molecule has 4 rings (SSSR count). The molecule has 1 aromatic heterocycles. The Morgan fingerprint density at radius 2 is 1.80 bits per heavy atom. The van der Waals surface area contributed by atoms with E-state index >= 15 is 0 Å². The Morgan fingerprint density at radius 3 is 2.64 bits per heavy atom. The van der Waals surface area contributed by atoms with Crippen LogP contribution < -0.4 is 4.74 Å². The molecule has 2 aromatic carbocycles. The fourth-order valence-corrected chi connectivity index (χ4v) is 4.00. The number of fused-ring (bicyclic) bond motifs is 3. The molecule has 0 unspecified atom stereocenters. The molecule has 3 heteroatoms. The Labute approximate surface area is 149 Å². The standard InChI is InChI=1S/C22H26N2O/c1-2-24-21-12-7-6-11-19(21)20-17-23(15-13-22(20)24)14-8-16-25-18-9-4-3-5-10-18/h3-7,9-12H,2,8,13-17H2,1H3. The maximum atomic E-state index is 5.83. The summed E-state index contributed by atoms with van der Waals surface area (Å²) in [5, 5.41) is 1.43. The van der Waals surface area contributed by atoms with Crippen LogP contribution in [0, 0.1) is 0 Å². The van der Waals surface area contributed by atoms with Crippen molar-refractivity contribution in [2.24, 2.45) is 0 Å². The van der Waals surface area contributed by atoms with Crippen molar-refractivity contribution >= 4 is 10.9 Å². The van der Waals surface area contributed by atoms with Crippen molar-refractivity contribution in [2.75, 3.05) is 19.7 Å². The van der Waals surface area contributed by atoms with Crippen LogP contribution >= 0.6 is 0 Å². The Bertz CT molecular complexity index is 838. The van der Waals surface area contributed by atoms with Crippen LogP contribution in [0.1, 0.15) is 24.6 Å². The van der Waals surface area contributed by atoms with Crippen LogP contribution in [0.4, 0.5) is 0 Å². The molecule has 0 bridgehead atoms. The third-order valence-corrected chi connectivity index (χ3v) is 5.19. The average molecular weight is 334 g/mol. The van der Waals surface area contributed by atoms with Gasteiger partial charge in [-0.2, -0.15) is 0 Å². The molecule has 0 fully saturated rings. The second kappa shape index (κ2) is 7.32. The van der Waals surface area contributed by atoms with Crippen molar-refractivity contribution in [3.63, 3.8) is 0 Å². The van der Waals surface area contributed by atoms with Crippen molar-refractivity contribution in [3.8, 4) is 5.75 Å². The molecule has 25 heavy (non-hydrogen) atoms. The summed E-state index contributed by atoms with van der Waals surface area (Å²) in [6.07, 6.45) is 2.22. The Kier molecular flexibility index (Phi) is 4.75. The molecule has 3 aromatic rings. The number of hydrogen-bond donors (Lipinski definition) is 0. The number of aromatic nitrogens is 1. The minimum absolute atomic E-state index is 0.782. The Morgan fingerprint density at radius 1 is 1.00 bits per heavy atom. The number of ether oxygens (including phenoxy) is 1. The molecule has 0 N–H and O–H groups in total. The fraction of sp³-hybridized carbons (Fsp3) is 0.364. The molecule has 1 aliphatic rings. The van der Waals surface area contributed by atoms with Gasteiger partial charge in [-0.15, -0.1) is 0 Å². The van der Waals surface area contributed by atoms with Crippen molar-refractivity contribution < 1.29 is 4.74 Å². The lowest BCUT2D eigenvalue weighted by Gasteiger charge is -2.28. The second-order valence-electron chi connectivity index (χ2n) is 6.73. The number of nitrogens with zero attached hydrogens (tertiary/aromatic N) is 2. The Hall–Kier alpha value is -2.26. The van der Waals surface area contributed by atoms with E-state index in [0.717, 1.165) is 51.4 Å². The molecule has 0 atom stereocenters. The average Bonchev–Trinajstić information content (AvgIpc) is 2.99. The molecular formula is C22H26N2O. The monoisotopic (exact) mass is 334 g/mol. The second-order valence-corrected chi connectivity index (χ2v) is 6.73. The van der Waals surface area contributed by atoms with Gasteiger partial charge in [0, 0.05) is 49.2 Å². The summed E-state index contributed by atoms with van der Waals surface area (Å²) in [5.41, 5.74) is 4.47. The van der Waals surface area contributed by atoms with Crippen LogP contribution in [-0.4, -0.2) is 29.2 Å². The van der Waals surface area contributed by atoms with Gasteiger partial charge >= 0.3 is 0 Å². The van der Waals surface area contributed by atoms with E-state index in [0.29, 0.717) is 0 Å². The molecule has 0 aliphatic carbocycles. The summed E-state index contributed by atoms with van der Waals surface area (Å²) < 4.78 is 8.33. The van der Waals surface area contributed by atoms with Crippen LogP contribution in [-0.2, 0) is 19.5 Å². The van der Waals surface area contributed by atoms with Crippen molar-refractivity contribution in [2.45, 2.75) is 32.9 Å². The highest BCUT2D eigenvalue weighted by atomic mass is 16.5. The van der Waals surface area contributed by atoms with Gasteiger partial charge in [0.2, 0.25) is 0 Å². The zero-order valence-corrected chi connectivity index (χ0v) is 14.9.